The van der Waals surface area contributed by atoms with Crippen molar-refractivity contribution >= 4 is 17.5 Å². The highest BCUT2D eigenvalue weighted by Crippen LogP contribution is 2.34. The number of hydrogen-bond acceptors (Lipinski definition) is 5. The number of ketones is 1. The molecule has 0 aromatic heterocycles. The summed E-state index contributed by atoms with van der Waals surface area (Å²) in [5.74, 6) is 1.04. The van der Waals surface area contributed by atoms with Crippen molar-refractivity contribution in [3.05, 3.63) is 23.3 Å². The maximum atomic E-state index is 13.1. The summed E-state index contributed by atoms with van der Waals surface area (Å²) < 4.78 is 11.1. The number of nitrogens with zero attached hydrogens (tertiary/aromatic N) is 1. The van der Waals surface area contributed by atoms with Gasteiger partial charge in [0.2, 0.25) is 0 Å². The zero-order valence-corrected chi connectivity index (χ0v) is 15.6. The standard InChI is InChI=1S/C18H27NO3S/c1-6-22-16-13(2)11-14(12-15(16)23-5)17(20)18(3,4)19-7-9-21-10-8-19/h11-12H,6-10H2,1-5H3. The van der Waals surface area contributed by atoms with Crippen LogP contribution in [-0.4, -0.2) is 55.4 Å². The Kier molecular flexibility index (Phi) is 6.12. The van der Waals surface area contributed by atoms with E-state index in [0.717, 1.165) is 34.9 Å². The third-order valence-corrected chi connectivity index (χ3v) is 5.11. The maximum Gasteiger partial charge on any atom is 0.182 e. The first-order valence-corrected chi connectivity index (χ1v) is 9.33. The third kappa shape index (κ3) is 3.90. The van der Waals surface area contributed by atoms with E-state index in [0.29, 0.717) is 19.8 Å². The Morgan fingerprint density at radius 1 is 1.35 bits per heavy atom. The normalized spacial score (nSPS) is 16.4. The van der Waals surface area contributed by atoms with E-state index in [9.17, 15) is 4.79 Å². The van der Waals surface area contributed by atoms with Gasteiger partial charge in [0.25, 0.3) is 0 Å². The van der Waals surface area contributed by atoms with Crippen molar-refractivity contribution in [1.29, 1.82) is 0 Å². The van der Waals surface area contributed by atoms with Crippen LogP contribution in [0.2, 0.25) is 0 Å². The third-order valence-electron chi connectivity index (χ3n) is 4.37. The number of rotatable bonds is 6. The van der Waals surface area contributed by atoms with E-state index in [1.54, 1.807) is 11.8 Å². The zero-order chi connectivity index (χ0) is 17.0. The topological polar surface area (TPSA) is 38.8 Å². The van der Waals surface area contributed by atoms with Crippen LogP contribution in [0.1, 0.15) is 36.7 Å². The predicted octanol–water partition coefficient (Wildman–Crippen LogP) is 3.41. The number of benzene rings is 1. The zero-order valence-electron chi connectivity index (χ0n) is 14.8. The Morgan fingerprint density at radius 3 is 2.57 bits per heavy atom. The monoisotopic (exact) mass is 337 g/mol. The summed E-state index contributed by atoms with van der Waals surface area (Å²) in [5.41, 5.74) is 1.24. The van der Waals surface area contributed by atoms with Gasteiger partial charge in [-0.05, 0) is 51.6 Å². The van der Waals surface area contributed by atoms with Gasteiger partial charge < -0.3 is 9.47 Å². The molecule has 0 bridgehead atoms. The summed E-state index contributed by atoms with van der Waals surface area (Å²) in [6.07, 6.45) is 2.01. The summed E-state index contributed by atoms with van der Waals surface area (Å²) in [4.78, 5) is 16.4. The van der Waals surface area contributed by atoms with Gasteiger partial charge in [-0.3, -0.25) is 9.69 Å². The van der Waals surface area contributed by atoms with Crippen LogP contribution in [0.15, 0.2) is 17.0 Å². The fraction of sp³-hybridized carbons (Fsp3) is 0.611. The SMILES string of the molecule is CCOc1c(C)cc(C(=O)C(C)(C)N2CCOCC2)cc1SC. The summed E-state index contributed by atoms with van der Waals surface area (Å²) >= 11 is 1.62. The van der Waals surface area contributed by atoms with Crippen LogP contribution < -0.4 is 4.74 Å². The van der Waals surface area contributed by atoms with Gasteiger partial charge in [-0.25, -0.2) is 0 Å². The smallest absolute Gasteiger partial charge is 0.182 e. The fourth-order valence-corrected chi connectivity index (χ4v) is 3.62. The maximum absolute atomic E-state index is 13.1. The molecule has 1 heterocycles. The highest BCUT2D eigenvalue weighted by molar-refractivity contribution is 7.98. The molecule has 1 saturated heterocycles. The summed E-state index contributed by atoms with van der Waals surface area (Å²) in [6.45, 7) is 11.6. The molecule has 0 spiro atoms. The van der Waals surface area contributed by atoms with Crippen LogP contribution in [0.5, 0.6) is 5.75 Å². The van der Waals surface area contributed by atoms with Crippen LogP contribution in [0.3, 0.4) is 0 Å². The van der Waals surface area contributed by atoms with Crippen LogP contribution in [0.4, 0.5) is 0 Å². The lowest BCUT2D eigenvalue weighted by atomic mass is 9.90. The fourth-order valence-electron chi connectivity index (χ4n) is 2.97. The van der Waals surface area contributed by atoms with Crippen molar-refractivity contribution in [3.63, 3.8) is 0 Å². The second kappa shape index (κ2) is 7.69. The van der Waals surface area contributed by atoms with Gasteiger partial charge in [0.15, 0.2) is 5.78 Å². The Hall–Kier alpha value is -1.04. The highest BCUT2D eigenvalue weighted by atomic mass is 32.2. The molecule has 0 saturated carbocycles. The molecule has 23 heavy (non-hydrogen) atoms. The molecule has 2 rings (SSSR count). The van der Waals surface area contributed by atoms with E-state index >= 15 is 0 Å². The second-order valence-electron chi connectivity index (χ2n) is 6.25. The predicted molar refractivity (Wildman–Crippen MR) is 94.9 cm³/mol. The van der Waals surface area contributed by atoms with Gasteiger partial charge in [0.1, 0.15) is 5.75 Å². The van der Waals surface area contributed by atoms with E-state index in [1.807, 2.05) is 46.1 Å². The molecule has 1 fully saturated rings. The molecule has 1 aromatic carbocycles. The van der Waals surface area contributed by atoms with Crippen molar-refractivity contribution in [1.82, 2.24) is 4.90 Å². The molecule has 1 aromatic rings. The van der Waals surface area contributed by atoms with E-state index in [-0.39, 0.29) is 5.78 Å². The lowest BCUT2D eigenvalue weighted by Crippen LogP contribution is -2.54. The molecule has 128 valence electrons. The number of carbonyl (C=O) groups excluding carboxylic acids is 1. The van der Waals surface area contributed by atoms with Crippen LogP contribution in [0.25, 0.3) is 0 Å². The summed E-state index contributed by atoms with van der Waals surface area (Å²) in [5, 5.41) is 0. The van der Waals surface area contributed by atoms with Gasteiger partial charge >= 0.3 is 0 Å². The average Bonchev–Trinajstić information content (AvgIpc) is 2.56. The second-order valence-corrected chi connectivity index (χ2v) is 7.09. The Morgan fingerprint density at radius 2 is 2.00 bits per heavy atom. The lowest BCUT2D eigenvalue weighted by molar-refractivity contribution is -0.00431. The minimum atomic E-state index is -0.529. The molecule has 0 amide bonds. The van der Waals surface area contributed by atoms with Gasteiger partial charge in [0.05, 0.1) is 30.3 Å². The quantitative estimate of drug-likeness (QED) is 0.587. The van der Waals surface area contributed by atoms with Crippen LogP contribution in [-0.2, 0) is 4.74 Å². The molecule has 1 aliphatic heterocycles. The number of carbonyl (C=O) groups is 1. The summed E-state index contributed by atoms with van der Waals surface area (Å²) in [7, 11) is 0. The molecule has 0 radical (unpaired) electrons. The molecular weight excluding hydrogens is 310 g/mol. The largest absolute Gasteiger partial charge is 0.492 e. The van der Waals surface area contributed by atoms with E-state index < -0.39 is 5.54 Å². The van der Waals surface area contributed by atoms with Gasteiger partial charge in [-0.2, -0.15) is 0 Å². The number of Topliss-reactive ketones (excluding diaryl/α,β-unsaturated/α-hetero) is 1. The molecule has 5 heteroatoms. The molecular formula is C18H27NO3S. The van der Waals surface area contributed by atoms with E-state index in [1.165, 1.54) is 0 Å². The minimum absolute atomic E-state index is 0.154. The molecule has 0 aliphatic carbocycles. The first kappa shape index (κ1) is 18.3. The molecule has 0 unspecified atom stereocenters. The molecule has 0 N–H and O–H groups in total. The Labute approximate surface area is 143 Å². The van der Waals surface area contributed by atoms with Crippen molar-refractivity contribution in [2.45, 2.75) is 38.1 Å². The molecule has 4 nitrogen and oxygen atoms in total. The van der Waals surface area contributed by atoms with Crippen LogP contribution >= 0.6 is 11.8 Å². The minimum Gasteiger partial charge on any atom is -0.492 e. The van der Waals surface area contributed by atoms with Crippen molar-refractivity contribution in [2.75, 3.05) is 39.2 Å². The van der Waals surface area contributed by atoms with Crippen molar-refractivity contribution < 1.29 is 14.3 Å². The van der Waals surface area contributed by atoms with Crippen molar-refractivity contribution in [3.8, 4) is 5.75 Å². The van der Waals surface area contributed by atoms with Gasteiger partial charge in [0, 0.05) is 18.7 Å². The van der Waals surface area contributed by atoms with Crippen LogP contribution in [0, 0.1) is 6.92 Å². The first-order chi connectivity index (χ1) is 10.9. The van der Waals surface area contributed by atoms with E-state index in [4.69, 9.17) is 9.47 Å². The Bertz CT molecular complexity index is 566. The molecule has 0 atom stereocenters. The number of hydrogen-bond donors (Lipinski definition) is 0. The number of thioether (sulfide) groups is 1. The van der Waals surface area contributed by atoms with Gasteiger partial charge in [-0.1, -0.05) is 0 Å². The average molecular weight is 337 g/mol. The summed E-state index contributed by atoms with van der Waals surface area (Å²) in [6, 6.07) is 3.92. The van der Waals surface area contributed by atoms with Gasteiger partial charge in [-0.15, -0.1) is 11.8 Å². The number of aryl methyl sites for hydroxylation is 1. The Balaban J connectivity index is 2.32. The highest BCUT2D eigenvalue weighted by Gasteiger charge is 2.36. The lowest BCUT2D eigenvalue weighted by Gasteiger charge is -2.39. The first-order valence-electron chi connectivity index (χ1n) is 8.10. The molecule has 1 aliphatic rings. The van der Waals surface area contributed by atoms with Crippen molar-refractivity contribution in [2.24, 2.45) is 0 Å². The number of morpholine rings is 1. The van der Waals surface area contributed by atoms with E-state index in [2.05, 4.69) is 4.90 Å². The number of ether oxygens (including phenoxy) is 2.